The van der Waals surface area contributed by atoms with E-state index in [2.05, 4.69) is 20.9 Å². The molecule has 3 atom stereocenters. The molecule has 0 spiro atoms. The number of aldehydes is 1. The maximum atomic E-state index is 13.4. The van der Waals surface area contributed by atoms with Gasteiger partial charge < -0.3 is 48.8 Å². The van der Waals surface area contributed by atoms with E-state index >= 15 is 0 Å². The predicted octanol–water partition coefficient (Wildman–Crippen LogP) is 0.124. The number of nitrogens with two attached hydrogens (primary N) is 4. The number of carbonyl (C=O) groups excluding carboxylic acids is 4. The van der Waals surface area contributed by atoms with Crippen LogP contribution in [-0.2, 0) is 14.4 Å². The second kappa shape index (κ2) is 18.3. The molecule has 2 aromatic rings. The van der Waals surface area contributed by atoms with E-state index in [1.807, 2.05) is 0 Å². The zero-order valence-electron chi connectivity index (χ0n) is 23.9. The van der Waals surface area contributed by atoms with Gasteiger partial charge in [-0.15, -0.1) is 0 Å². The van der Waals surface area contributed by atoms with Crippen LogP contribution in [0.1, 0.15) is 61.7 Å². The average molecular weight is 585 g/mol. The molecule has 0 aliphatic heterocycles. The van der Waals surface area contributed by atoms with Crippen LogP contribution >= 0.6 is 0 Å². The molecule has 0 aromatic heterocycles. The minimum atomic E-state index is -0.938. The highest BCUT2D eigenvalue weighted by atomic mass is 16.3. The van der Waals surface area contributed by atoms with Crippen LogP contribution < -0.4 is 38.9 Å². The van der Waals surface area contributed by atoms with Crippen LogP contribution in [0.3, 0.4) is 0 Å². The number of phenolic OH excluding ortho intramolecular Hbond substituents is 1. The van der Waals surface area contributed by atoms with Gasteiger partial charge in [0.25, 0.3) is 5.91 Å². The second-order valence-electron chi connectivity index (χ2n) is 10.1. The maximum absolute atomic E-state index is 13.4. The normalized spacial score (nSPS) is 13.0. The van der Waals surface area contributed by atoms with Crippen molar-refractivity contribution in [1.29, 1.82) is 0 Å². The molecule has 42 heavy (non-hydrogen) atoms. The molecule has 0 saturated carbocycles. The fourth-order valence-electron chi connectivity index (χ4n) is 4.39. The number of nitrogens with one attached hydrogen (secondary N) is 3. The Bertz CT molecular complexity index is 1220. The third kappa shape index (κ3) is 11.7. The lowest BCUT2D eigenvalue weighted by Crippen LogP contribution is -2.55. The number of aromatic hydroxyl groups is 1. The molecular formula is C29H44N8O5. The number of fused-ring (bicyclic) bond motifs is 1. The van der Waals surface area contributed by atoms with Crippen LogP contribution in [0.15, 0.2) is 41.4 Å². The molecular weight excluding hydrogens is 540 g/mol. The van der Waals surface area contributed by atoms with E-state index in [0.717, 1.165) is 10.8 Å². The van der Waals surface area contributed by atoms with Crippen LogP contribution in [0.5, 0.6) is 5.75 Å². The first kappa shape index (κ1) is 34.0. The van der Waals surface area contributed by atoms with E-state index < -0.39 is 35.8 Å². The molecule has 13 heteroatoms. The summed E-state index contributed by atoms with van der Waals surface area (Å²) >= 11 is 0. The van der Waals surface area contributed by atoms with Crippen LogP contribution in [0, 0.1) is 0 Å². The first-order valence-corrected chi connectivity index (χ1v) is 14.2. The summed E-state index contributed by atoms with van der Waals surface area (Å²) in [7, 11) is 0. The van der Waals surface area contributed by atoms with E-state index in [0.29, 0.717) is 82.9 Å². The molecule has 0 bridgehead atoms. The lowest BCUT2D eigenvalue weighted by Gasteiger charge is -2.24. The molecule has 12 N–H and O–H groups in total. The zero-order valence-corrected chi connectivity index (χ0v) is 23.9. The number of rotatable bonds is 19. The fraction of sp³-hybridized carbons (Fsp3) is 0.483. The van der Waals surface area contributed by atoms with Gasteiger partial charge in [0.15, 0.2) is 5.96 Å². The summed E-state index contributed by atoms with van der Waals surface area (Å²) < 4.78 is 0. The molecule has 2 aromatic carbocycles. The maximum Gasteiger partial charge on any atom is 0.251 e. The van der Waals surface area contributed by atoms with Gasteiger partial charge in [0.2, 0.25) is 11.8 Å². The lowest BCUT2D eigenvalue weighted by molar-refractivity contribution is -0.131. The van der Waals surface area contributed by atoms with E-state index in [-0.39, 0.29) is 11.7 Å². The summed E-state index contributed by atoms with van der Waals surface area (Å²) in [6, 6.07) is 7.18. The third-order valence-electron chi connectivity index (χ3n) is 6.69. The van der Waals surface area contributed by atoms with Crippen molar-refractivity contribution in [2.45, 2.75) is 69.5 Å². The van der Waals surface area contributed by atoms with Gasteiger partial charge in [-0.3, -0.25) is 19.4 Å². The quantitative estimate of drug-likeness (QED) is 0.0483. The Labute approximate surface area is 245 Å². The monoisotopic (exact) mass is 584 g/mol. The molecule has 0 aliphatic rings. The van der Waals surface area contributed by atoms with Crippen LogP contribution in [0.4, 0.5) is 0 Å². The lowest BCUT2D eigenvalue weighted by atomic mass is 10.0. The number of phenols is 1. The number of carbonyl (C=O) groups is 4. The summed E-state index contributed by atoms with van der Waals surface area (Å²) in [5.41, 5.74) is 22.2. The van der Waals surface area contributed by atoms with Crippen molar-refractivity contribution >= 4 is 40.7 Å². The van der Waals surface area contributed by atoms with Crippen molar-refractivity contribution in [1.82, 2.24) is 16.0 Å². The SMILES string of the molecule is NCCCC[C@H](NC(=O)c1ccc2cc(O)ccc2c1)C(=O)N[C@@H](CCCCN)C(=O)N[C@H](C=O)CCCN=C(N)N. The number of hydrogen-bond donors (Lipinski definition) is 8. The molecule has 230 valence electrons. The summed E-state index contributed by atoms with van der Waals surface area (Å²) in [6.45, 7) is 1.16. The summed E-state index contributed by atoms with van der Waals surface area (Å²) in [6.07, 6.45) is 4.49. The first-order valence-electron chi connectivity index (χ1n) is 14.2. The second-order valence-corrected chi connectivity index (χ2v) is 10.1. The molecule has 0 radical (unpaired) electrons. The van der Waals surface area contributed by atoms with Crippen LogP contribution in [0.25, 0.3) is 10.8 Å². The Morgan fingerprint density at radius 2 is 1.38 bits per heavy atom. The topological polar surface area (TPSA) is 241 Å². The van der Waals surface area contributed by atoms with E-state index in [9.17, 15) is 24.3 Å². The summed E-state index contributed by atoms with van der Waals surface area (Å²) in [5.74, 6) is -1.42. The van der Waals surface area contributed by atoms with Crippen molar-refractivity contribution < 1.29 is 24.3 Å². The Morgan fingerprint density at radius 3 is 2.00 bits per heavy atom. The molecule has 3 amide bonds. The number of unbranched alkanes of at least 4 members (excludes halogenated alkanes) is 2. The van der Waals surface area contributed by atoms with Gasteiger partial charge >= 0.3 is 0 Å². The van der Waals surface area contributed by atoms with Crippen molar-refractivity contribution in [2.24, 2.45) is 27.9 Å². The van der Waals surface area contributed by atoms with Crippen LogP contribution in [0.2, 0.25) is 0 Å². The molecule has 0 unspecified atom stereocenters. The highest BCUT2D eigenvalue weighted by Crippen LogP contribution is 2.21. The summed E-state index contributed by atoms with van der Waals surface area (Å²) in [5, 5.41) is 19.5. The number of amides is 3. The van der Waals surface area contributed by atoms with Crippen molar-refractivity contribution in [3.05, 3.63) is 42.0 Å². The van der Waals surface area contributed by atoms with Gasteiger partial charge in [0.1, 0.15) is 24.1 Å². The highest BCUT2D eigenvalue weighted by molar-refractivity contribution is 6.01. The first-order chi connectivity index (χ1) is 20.2. The predicted molar refractivity (Wildman–Crippen MR) is 163 cm³/mol. The largest absolute Gasteiger partial charge is 0.508 e. The fourth-order valence-corrected chi connectivity index (χ4v) is 4.39. The van der Waals surface area contributed by atoms with Gasteiger partial charge in [-0.2, -0.15) is 0 Å². The number of nitrogens with zero attached hydrogens (tertiary/aromatic N) is 1. The average Bonchev–Trinajstić information content (AvgIpc) is 2.97. The standard InChI is InChI=1S/C29H44N8O5/c30-13-3-1-7-24(27(41)35-22(18-38)6-5-15-34-29(32)33)37-28(42)25(8-2-4-14-31)36-26(40)21-10-9-20-17-23(39)12-11-19(20)16-21/h9-12,16-18,22,24-25,39H,1-8,13-15,30-31H2,(H,35,41)(H,36,40)(H,37,42)(H4,32,33,34)/t22-,24-,25-/m0/s1. The number of aliphatic imine (C=N–C) groups is 1. The zero-order chi connectivity index (χ0) is 30.9. The van der Waals surface area contributed by atoms with Gasteiger partial charge in [-0.1, -0.05) is 12.1 Å². The van der Waals surface area contributed by atoms with Gasteiger partial charge in [0, 0.05) is 12.1 Å². The Kier molecular flexibility index (Phi) is 14.8. The number of hydrogen-bond acceptors (Lipinski definition) is 8. The Morgan fingerprint density at radius 1 is 0.786 bits per heavy atom. The smallest absolute Gasteiger partial charge is 0.251 e. The number of benzene rings is 2. The molecule has 0 aliphatic carbocycles. The van der Waals surface area contributed by atoms with E-state index in [4.69, 9.17) is 22.9 Å². The summed E-state index contributed by atoms with van der Waals surface area (Å²) in [4.78, 5) is 55.2. The van der Waals surface area contributed by atoms with Crippen LogP contribution in [-0.4, -0.2) is 72.8 Å². The van der Waals surface area contributed by atoms with Gasteiger partial charge in [-0.05, 0) is 99.5 Å². The van der Waals surface area contributed by atoms with Crippen molar-refractivity contribution in [3.63, 3.8) is 0 Å². The molecule has 0 heterocycles. The molecule has 0 fully saturated rings. The van der Waals surface area contributed by atoms with Crippen molar-refractivity contribution in [3.8, 4) is 5.75 Å². The molecule has 0 saturated heterocycles. The third-order valence-corrected chi connectivity index (χ3v) is 6.69. The number of guanidine groups is 1. The minimum absolute atomic E-state index is 0.0571. The van der Waals surface area contributed by atoms with Gasteiger partial charge in [-0.25, -0.2) is 0 Å². The Balaban J connectivity index is 2.15. The van der Waals surface area contributed by atoms with Gasteiger partial charge in [0.05, 0.1) is 6.04 Å². The van der Waals surface area contributed by atoms with E-state index in [1.165, 1.54) is 6.07 Å². The molecule has 2 rings (SSSR count). The highest BCUT2D eigenvalue weighted by Gasteiger charge is 2.28. The Hall–Kier alpha value is -4.23. The minimum Gasteiger partial charge on any atom is -0.508 e. The van der Waals surface area contributed by atoms with E-state index in [1.54, 1.807) is 30.3 Å². The molecule has 13 nitrogen and oxygen atoms in total. The van der Waals surface area contributed by atoms with Crippen molar-refractivity contribution in [2.75, 3.05) is 19.6 Å².